The SMILES string of the molecule is CC1CCC(N(C)CC2CCNCC2)C(C)C1. The Labute approximate surface area is 107 Å². The van der Waals surface area contributed by atoms with Crippen molar-refractivity contribution in [3.05, 3.63) is 0 Å². The van der Waals surface area contributed by atoms with Crippen LogP contribution in [0.3, 0.4) is 0 Å². The standard InChI is InChI=1S/C15H30N2/c1-12-4-5-15(13(2)10-12)17(3)11-14-6-8-16-9-7-14/h12-16H,4-11H2,1-3H3. The second kappa shape index (κ2) is 6.19. The van der Waals surface area contributed by atoms with E-state index in [2.05, 4.69) is 31.1 Å². The molecule has 1 heterocycles. The Morgan fingerprint density at radius 3 is 2.41 bits per heavy atom. The van der Waals surface area contributed by atoms with Crippen LogP contribution in [0.25, 0.3) is 0 Å². The van der Waals surface area contributed by atoms with Crippen molar-refractivity contribution in [2.75, 3.05) is 26.7 Å². The number of nitrogens with one attached hydrogen (secondary N) is 1. The van der Waals surface area contributed by atoms with Crippen molar-refractivity contribution in [1.29, 1.82) is 0 Å². The van der Waals surface area contributed by atoms with E-state index in [1.165, 1.54) is 51.7 Å². The van der Waals surface area contributed by atoms with Gasteiger partial charge in [-0.1, -0.05) is 13.8 Å². The maximum absolute atomic E-state index is 3.46. The maximum atomic E-state index is 3.46. The van der Waals surface area contributed by atoms with Gasteiger partial charge < -0.3 is 10.2 Å². The van der Waals surface area contributed by atoms with E-state index < -0.39 is 0 Å². The first-order chi connectivity index (χ1) is 8.16. The average molecular weight is 238 g/mol. The molecule has 1 saturated heterocycles. The summed E-state index contributed by atoms with van der Waals surface area (Å²) in [5, 5.41) is 3.46. The van der Waals surface area contributed by atoms with Gasteiger partial charge in [-0.2, -0.15) is 0 Å². The average Bonchev–Trinajstić information content (AvgIpc) is 2.30. The van der Waals surface area contributed by atoms with Crippen LogP contribution < -0.4 is 5.32 Å². The van der Waals surface area contributed by atoms with Crippen LogP contribution in [0.5, 0.6) is 0 Å². The number of nitrogens with zero attached hydrogens (tertiary/aromatic N) is 1. The lowest BCUT2D eigenvalue weighted by atomic mass is 9.79. The summed E-state index contributed by atoms with van der Waals surface area (Å²) >= 11 is 0. The zero-order chi connectivity index (χ0) is 12.3. The fraction of sp³-hybridized carbons (Fsp3) is 1.00. The smallest absolute Gasteiger partial charge is 0.0118 e. The molecule has 0 amide bonds. The molecule has 0 bridgehead atoms. The first-order valence-corrected chi connectivity index (χ1v) is 7.57. The molecule has 2 heteroatoms. The van der Waals surface area contributed by atoms with Gasteiger partial charge in [0.1, 0.15) is 0 Å². The highest BCUT2D eigenvalue weighted by Crippen LogP contribution is 2.32. The van der Waals surface area contributed by atoms with Crippen molar-refractivity contribution in [2.24, 2.45) is 17.8 Å². The summed E-state index contributed by atoms with van der Waals surface area (Å²) in [4.78, 5) is 2.67. The van der Waals surface area contributed by atoms with Crippen LogP contribution in [0.1, 0.15) is 46.0 Å². The van der Waals surface area contributed by atoms with Crippen molar-refractivity contribution in [1.82, 2.24) is 10.2 Å². The predicted octanol–water partition coefficient (Wildman–Crippen LogP) is 2.74. The van der Waals surface area contributed by atoms with Gasteiger partial charge in [0.15, 0.2) is 0 Å². The summed E-state index contributed by atoms with van der Waals surface area (Å²) in [6, 6.07) is 0.848. The van der Waals surface area contributed by atoms with Gasteiger partial charge in [-0.3, -0.25) is 0 Å². The molecule has 1 saturated carbocycles. The van der Waals surface area contributed by atoms with Crippen LogP contribution >= 0.6 is 0 Å². The van der Waals surface area contributed by atoms with Gasteiger partial charge in [0.05, 0.1) is 0 Å². The van der Waals surface area contributed by atoms with E-state index in [0.717, 1.165) is 23.8 Å². The molecule has 3 unspecified atom stereocenters. The number of piperidine rings is 1. The molecule has 2 aliphatic rings. The van der Waals surface area contributed by atoms with E-state index in [4.69, 9.17) is 0 Å². The summed E-state index contributed by atoms with van der Waals surface area (Å²) in [5.41, 5.74) is 0. The Kier molecular flexibility index (Phi) is 4.87. The third-order valence-electron chi connectivity index (χ3n) is 4.96. The summed E-state index contributed by atoms with van der Waals surface area (Å²) in [6.07, 6.45) is 7.04. The van der Waals surface area contributed by atoms with E-state index in [9.17, 15) is 0 Å². The third kappa shape index (κ3) is 3.69. The van der Waals surface area contributed by atoms with Gasteiger partial charge in [0.25, 0.3) is 0 Å². The zero-order valence-corrected chi connectivity index (χ0v) is 11.9. The summed E-state index contributed by atoms with van der Waals surface area (Å²) in [6.45, 7) is 8.66. The van der Waals surface area contributed by atoms with E-state index in [-0.39, 0.29) is 0 Å². The number of hydrogen-bond donors (Lipinski definition) is 1. The molecule has 2 nitrogen and oxygen atoms in total. The minimum atomic E-state index is 0.848. The molecule has 1 N–H and O–H groups in total. The molecule has 3 atom stereocenters. The molecule has 1 aliphatic carbocycles. The lowest BCUT2D eigenvalue weighted by molar-refractivity contribution is 0.0962. The second-order valence-corrected chi connectivity index (χ2v) is 6.60. The van der Waals surface area contributed by atoms with Gasteiger partial charge in [-0.15, -0.1) is 0 Å². The molecule has 100 valence electrons. The predicted molar refractivity (Wildman–Crippen MR) is 74.2 cm³/mol. The van der Waals surface area contributed by atoms with E-state index in [0.29, 0.717) is 0 Å². The summed E-state index contributed by atoms with van der Waals surface area (Å²) in [7, 11) is 2.36. The Bertz CT molecular complexity index is 223. The topological polar surface area (TPSA) is 15.3 Å². The molecule has 0 aromatic rings. The van der Waals surface area contributed by atoms with E-state index in [1.807, 2.05) is 0 Å². The number of hydrogen-bond acceptors (Lipinski definition) is 2. The monoisotopic (exact) mass is 238 g/mol. The van der Waals surface area contributed by atoms with Crippen molar-refractivity contribution >= 4 is 0 Å². The van der Waals surface area contributed by atoms with Crippen LogP contribution in [0, 0.1) is 17.8 Å². The minimum Gasteiger partial charge on any atom is -0.317 e. The number of rotatable bonds is 3. The van der Waals surface area contributed by atoms with Crippen LogP contribution in [0.4, 0.5) is 0 Å². The molecule has 17 heavy (non-hydrogen) atoms. The van der Waals surface area contributed by atoms with Gasteiger partial charge >= 0.3 is 0 Å². The lowest BCUT2D eigenvalue weighted by Gasteiger charge is -2.40. The molecule has 0 spiro atoms. The van der Waals surface area contributed by atoms with Crippen molar-refractivity contribution in [3.8, 4) is 0 Å². The van der Waals surface area contributed by atoms with Crippen LogP contribution in [0.2, 0.25) is 0 Å². The molecule has 0 aromatic heterocycles. The molecule has 0 aromatic carbocycles. The fourth-order valence-corrected chi connectivity index (χ4v) is 3.91. The van der Waals surface area contributed by atoms with Gasteiger partial charge in [0, 0.05) is 12.6 Å². The quantitative estimate of drug-likeness (QED) is 0.813. The van der Waals surface area contributed by atoms with Gasteiger partial charge in [0.2, 0.25) is 0 Å². The Morgan fingerprint density at radius 2 is 1.76 bits per heavy atom. The van der Waals surface area contributed by atoms with E-state index in [1.54, 1.807) is 0 Å². The van der Waals surface area contributed by atoms with Gasteiger partial charge in [-0.05, 0) is 70.0 Å². The fourth-order valence-electron chi connectivity index (χ4n) is 3.91. The summed E-state index contributed by atoms with van der Waals surface area (Å²) < 4.78 is 0. The largest absolute Gasteiger partial charge is 0.317 e. The molecule has 2 rings (SSSR count). The second-order valence-electron chi connectivity index (χ2n) is 6.60. The first-order valence-electron chi connectivity index (χ1n) is 7.57. The first kappa shape index (κ1) is 13.4. The molecule has 2 fully saturated rings. The molecule has 1 aliphatic heterocycles. The van der Waals surface area contributed by atoms with Gasteiger partial charge in [-0.25, -0.2) is 0 Å². The highest BCUT2D eigenvalue weighted by atomic mass is 15.1. The lowest BCUT2D eigenvalue weighted by Crippen LogP contribution is -2.44. The highest BCUT2D eigenvalue weighted by molar-refractivity contribution is 4.83. The van der Waals surface area contributed by atoms with Crippen LogP contribution in [-0.4, -0.2) is 37.6 Å². The molecule has 0 radical (unpaired) electrons. The van der Waals surface area contributed by atoms with Crippen molar-refractivity contribution in [2.45, 2.75) is 52.0 Å². The van der Waals surface area contributed by atoms with Crippen molar-refractivity contribution in [3.63, 3.8) is 0 Å². The Balaban J connectivity index is 1.80. The van der Waals surface area contributed by atoms with Crippen LogP contribution in [0.15, 0.2) is 0 Å². The minimum absolute atomic E-state index is 0.848. The Hall–Kier alpha value is -0.0800. The third-order valence-corrected chi connectivity index (χ3v) is 4.96. The highest BCUT2D eigenvalue weighted by Gasteiger charge is 2.29. The molecular formula is C15H30N2. The molecular weight excluding hydrogens is 208 g/mol. The van der Waals surface area contributed by atoms with Crippen molar-refractivity contribution < 1.29 is 0 Å². The summed E-state index contributed by atoms with van der Waals surface area (Å²) in [5.74, 6) is 2.78. The van der Waals surface area contributed by atoms with Crippen LogP contribution in [-0.2, 0) is 0 Å². The van der Waals surface area contributed by atoms with E-state index >= 15 is 0 Å². The maximum Gasteiger partial charge on any atom is 0.0118 e. The zero-order valence-electron chi connectivity index (χ0n) is 11.9. The normalized spacial score (nSPS) is 36.4. The Morgan fingerprint density at radius 1 is 1.06 bits per heavy atom.